The number of hydrogen-bond donors (Lipinski definition) is 1. The van der Waals surface area contributed by atoms with Gasteiger partial charge >= 0.3 is 5.97 Å². The first-order chi connectivity index (χ1) is 10.3. The zero-order valence-corrected chi connectivity index (χ0v) is 14.0. The molecule has 2 fully saturated rings. The molecule has 122 valence electrons. The summed E-state index contributed by atoms with van der Waals surface area (Å²) in [6.45, 7) is 6.56. The van der Waals surface area contributed by atoms with Crippen molar-refractivity contribution in [2.24, 2.45) is 10.8 Å². The van der Waals surface area contributed by atoms with Crippen LogP contribution in [0, 0.1) is 10.8 Å². The number of carbonyl (C=O) groups is 2. The minimum absolute atomic E-state index is 0.108. The predicted molar refractivity (Wildman–Crippen MR) is 84.1 cm³/mol. The van der Waals surface area contributed by atoms with E-state index in [9.17, 15) is 9.59 Å². The highest BCUT2D eigenvalue weighted by molar-refractivity contribution is 5.96. The molecule has 1 saturated heterocycles. The van der Waals surface area contributed by atoms with Crippen LogP contribution in [0.5, 0.6) is 0 Å². The summed E-state index contributed by atoms with van der Waals surface area (Å²) >= 11 is 0. The molecule has 0 aromatic carbocycles. The molecule has 22 heavy (non-hydrogen) atoms. The van der Waals surface area contributed by atoms with Crippen LogP contribution >= 0.6 is 0 Å². The first-order valence-corrected chi connectivity index (χ1v) is 8.53. The van der Waals surface area contributed by atoms with Gasteiger partial charge in [-0.25, -0.2) is 0 Å². The maximum absolute atomic E-state index is 12.8. The quantitative estimate of drug-likeness (QED) is 0.641. The lowest BCUT2D eigenvalue weighted by Gasteiger charge is -2.35. The molecule has 2 atom stereocenters. The van der Waals surface area contributed by atoms with Gasteiger partial charge < -0.3 is 10.1 Å². The molecule has 1 aliphatic heterocycles. The highest BCUT2D eigenvalue weighted by atomic mass is 16.6. The number of carbonyl (C=O) groups excluding carboxylic acids is 2. The van der Waals surface area contributed by atoms with Crippen LogP contribution in [0.2, 0.25) is 0 Å². The summed E-state index contributed by atoms with van der Waals surface area (Å²) in [4.78, 5) is 25.0. The SMILES string of the molecule is CC12CCC(C(=O)NCCC3=CCCCC3)(OC1=O)C2(C)C. The van der Waals surface area contributed by atoms with Crippen molar-refractivity contribution in [3.63, 3.8) is 0 Å². The number of esters is 1. The first kappa shape index (κ1) is 15.6. The van der Waals surface area contributed by atoms with Crippen molar-refractivity contribution in [3.05, 3.63) is 11.6 Å². The van der Waals surface area contributed by atoms with E-state index in [1.54, 1.807) is 0 Å². The highest BCUT2D eigenvalue weighted by Gasteiger charge is 2.75. The third-order valence-corrected chi connectivity index (χ3v) is 6.57. The standard InChI is InChI=1S/C18H27NO3/c1-16(2)17(3)10-11-18(16,22-15(17)21)14(20)19-12-9-13-7-5-4-6-8-13/h7H,4-6,8-12H2,1-3H3,(H,19,20). The van der Waals surface area contributed by atoms with Gasteiger partial charge in [-0.05, 0) is 51.9 Å². The van der Waals surface area contributed by atoms with E-state index in [1.165, 1.54) is 18.4 Å². The second kappa shape index (κ2) is 5.10. The smallest absolute Gasteiger partial charge is 0.313 e. The minimum Gasteiger partial charge on any atom is -0.448 e. The van der Waals surface area contributed by atoms with E-state index in [4.69, 9.17) is 4.74 Å². The average Bonchev–Trinajstić information content (AvgIpc) is 2.78. The highest BCUT2D eigenvalue weighted by Crippen LogP contribution is 2.65. The van der Waals surface area contributed by atoms with Gasteiger partial charge in [-0.2, -0.15) is 0 Å². The van der Waals surface area contributed by atoms with Gasteiger partial charge in [-0.15, -0.1) is 0 Å². The molecule has 1 saturated carbocycles. The molecule has 1 heterocycles. The fourth-order valence-corrected chi connectivity index (χ4v) is 4.36. The molecule has 1 N–H and O–H groups in total. The Hall–Kier alpha value is -1.32. The van der Waals surface area contributed by atoms with Crippen molar-refractivity contribution in [2.75, 3.05) is 6.54 Å². The van der Waals surface area contributed by atoms with Crippen molar-refractivity contribution < 1.29 is 14.3 Å². The maximum atomic E-state index is 12.8. The molecule has 0 radical (unpaired) electrons. The van der Waals surface area contributed by atoms with Gasteiger partial charge in [0.25, 0.3) is 5.91 Å². The van der Waals surface area contributed by atoms with E-state index >= 15 is 0 Å². The normalized spacial score (nSPS) is 36.0. The van der Waals surface area contributed by atoms with E-state index in [0.29, 0.717) is 13.0 Å². The van der Waals surface area contributed by atoms with Crippen LogP contribution in [0.1, 0.15) is 65.7 Å². The summed E-state index contributed by atoms with van der Waals surface area (Å²) in [5.74, 6) is -0.322. The van der Waals surface area contributed by atoms with Crippen LogP contribution in [0.25, 0.3) is 0 Å². The van der Waals surface area contributed by atoms with Crippen molar-refractivity contribution in [1.82, 2.24) is 5.32 Å². The molecule has 3 aliphatic rings. The Morgan fingerprint density at radius 2 is 2.05 bits per heavy atom. The molecular formula is C18H27NO3. The second-order valence-electron chi connectivity index (χ2n) is 7.79. The fourth-order valence-electron chi connectivity index (χ4n) is 4.36. The summed E-state index contributed by atoms with van der Waals surface area (Å²) in [5, 5.41) is 3.03. The molecular weight excluding hydrogens is 278 g/mol. The van der Waals surface area contributed by atoms with Gasteiger partial charge in [-0.3, -0.25) is 9.59 Å². The van der Waals surface area contributed by atoms with E-state index in [-0.39, 0.29) is 11.9 Å². The maximum Gasteiger partial charge on any atom is 0.313 e. The minimum atomic E-state index is -0.972. The van der Waals surface area contributed by atoms with Crippen molar-refractivity contribution >= 4 is 11.9 Å². The molecule has 1 amide bonds. The largest absolute Gasteiger partial charge is 0.448 e. The summed E-state index contributed by atoms with van der Waals surface area (Å²) in [5.41, 5.74) is -0.510. The third-order valence-electron chi connectivity index (χ3n) is 6.57. The fraction of sp³-hybridized carbons (Fsp3) is 0.778. The van der Waals surface area contributed by atoms with E-state index in [2.05, 4.69) is 11.4 Å². The molecule has 4 nitrogen and oxygen atoms in total. The van der Waals surface area contributed by atoms with Crippen LogP contribution in [0.4, 0.5) is 0 Å². The lowest BCUT2D eigenvalue weighted by molar-refractivity contribution is -0.168. The van der Waals surface area contributed by atoms with E-state index < -0.39 is 16.4 Å². The van der Waals surface area contributed by atoms with Crippen LogP contribution < -0.4 is 5.32 Å². The number of allylic oxidation sites excluding steroid dienone is 1. The number of rotatable bonds is 4. The molecule has 2 unspecified atom stereocenters. The topological polar surface area (TPSA) is 55.4 Å². The van der Waals surface area contributed by atoms with Crippen LogP contribution in [-0.4, -0.2) is 24.0 Å². The Bertz CT molecular complexity index is 536. The zero-order chi connectivity index (χ0) is 16.0. The molecule has 0 aromatic rings. The van der Waals surface area contributed by atoms with Crippen molar-refractivity contribution in [2.45, 2.75) is 71.3 Å². The average molecular weight is 305 g/mol. The van der Waals surface area contributed by atoms with Gasteiger partial charge in [0.1, 0.15) is 0 Å². The first-order valence-electron chi connectivity index (χ1n) is 8.53. The van der Waals surface area contributed by atoms with Crippen molar-refractivity contribution in [3.8, 4) is 0 Å². The van der Waals surface area contributed by atoms with Crippen LogP contribution in [0.3, 0.4) is 0 Å². The predicted octanol–water partition coefficient (Wildman–Crippen LogP) is 3.12. The number of amides is 1. The second-order valence-corrected chi connectivity index (χ2v) is 7.79. The monoisotopic (exact) mass is 305 g/mol. The molecule has 2 bridgehead atoms. The Morgan fingerprint density at radius 3 is 2.59 bits per heavy atom. The summed E-state index contributed by atoms with van der Waals surface area (Å²) in [6.07, 6.45) is 9.44. The van der Waals surface area contributed by atoms with E-state index in [0.717, 1.165) is 25.7 Å². The number of hydrogen-bond acceptors (Lipinski definition) is 3. The Labute approximate surface area is 132 Å². The van der Waals surface area contributed by atoms with Crippen molar-refractivity contribution in [1.29, 1.82) is 0 Å². The number of ether oxygens (including phenoxy) is 1. The van der Waals surface area contributed by atoms with Gasteiger partial charge in [0.2, 0.25) is 0 Å². The Kier molecular flexibility index (Phi) is 3.61. The van der Waals surface area contributed by atoms with Crippen LogP contribution in [-0.2, 0) is 14.3 Å². The van der Waals surface area contributed by atoms with E-state index in [1.807, 2.05) is 20.8 Å². The molecule has 4 heteroatoms. The van der Waals surface area contributed by atoms with Gasteiger partial charge in [-0.1, -0.05) is 25.5 Å². The van der Waals surface area contributed by atoms with Gasteiger partial charge in [0, 0.05) is 12.0 Å². The molecule has 2 aliphatic carbocycles. The molecule has 0 aromatic heterocycles. The lowest BCUT2D eigenvalue weighted by Crippen LogP contribution is -2.53. The summed E-state index contributed by atoms with van der Waals surface area (Å²) in [6, 6.07) is 0. The van der Waals surface area contributed by atoms with Gasteiger partial charge in [0.15, 0.2) is 5.60 Å². The third kappa shape index (κ3) is 1.95. The zero-order valence-electron chi connectivity index (χ0n) is 14.0. The van der Waals surface area contributed by atoms with Crippen LogP contribution in [0.15, 0.2) is 11.6 Å². The Morgan fingerprint density at radius 1 is 1.27 bits per heavy atom. The Balaban J connectivity index is 1.65. The molecule has 0 spiro atoms. The molecule has 3 rings (SSSR count). The number of fused-ring (bicyclic) bond motifs is 2. The summed E-state index contributed by atoms with van der Waals surface area (Å²) in [7, 11) is 0. The van der Waals surface area contributed by atoms with Gasteiger partial charge in [0.05, 0.1) is 5.41 Å². The lowest BCUT2D eigenvalue weighted by atomic mass is 9.66. The summed E-state index contributed by atoms with van der Waals surface area (Å²) < 4.78 is 5.60. The number of nitrogens with one attached hydrogen (secondary N) is 1.